The third kappa shape index (κ3) is 5.09. The number of anilines is 2. The maximum absolute atomic E-state index is 2.63. The van der Waals surface area contributed by atoms with Crippen molar-refractivity contribution in [1.29, 1.82) is 0 Å². The highest BCUT2D eigenvalue weighted by atomic mass is 15.1. The number of aromatic nitrogens is 2. The van der Waals surface area contributed by atoms with Crippen molar-refractivity contribution < 1.29 is 9.13 Å². The van der Waals surface area contributed by atoms with Crippen LogP contribution in [0.25, 0.3) is 35.7 Å². The number of rotatable bonds is 4. The van der Waals surface area contributed by atoms with E-state index in [1.165, 1.54) is 111 Å². The van der Waals surface area contributed by atoms with Gasteiger partial charge >= 0.3 is 0 Å². The van der Waals surface area contributed by atoms with Gasteiger partial charge in [-0.2, -0.15) is 9.13 Å². The summed E-state index contributed by atoms with van der Waals surface area (Å²) >= 11 is 0. The van der Waals surface area contributed by atoms with E-state index in [2.05, 4.69) is 104 Å². The zero-order chi connectivity index (χ0) is 29.7. The summed E-state index contributed by atoms with van der Waals surface area (Å²) in [7, 11) is 0. The molecule has 0 atom stereocenters. The molecule has 5 aliphatic rings. The SMILES string of the molecule is C(=C\c1cc[n+]2c(c1)-c1cc(/C=C/c3cc4c5c(c3)CCCN5CCC4)cc[n+]1CCC2)/c1cc2c3c(c1)CCCN3CCC2. The molecule has 0 spiro atoms. The lowest BCUT2D eigenvalue weighted by Gasteiger charge is -2.37. The van der Waals surface area contributed by atoms with Crippen LogP contribution < -0.4 is 18.9 Å². The molecule has 0 aliphatic carbocycles. The Hall–Kier alpha value is -4.18. The highest BCUT2D eigenvalue weighted by molar-refractivity contribution is 5.77. The van der Waals surface area contributed by atoms with E-state index in [4.69, 9.17) is 0 Å². The summed E-state index contributed by atoms with van der Waals surface area (Å²) in [5.41, 5.74) is 17.2. The van der Waals surface area contributed by atoms with E-state index in [-0.39, 0.29) is 0 Å². The highest BCUT2D eigenvalue weighted by Gasteiger charge is 2.28. The Morgan fingerprint density at radius 2 is 0.822 bits per heavy atom. The minimum absolute atomic E-state index is 1.05. The first-order valence-corrected chi connectivity index (χ1v) is 17.5. The average Bonchev–Trinajstić information content (AvgIpc) is 3.26. The van der Waals surface area contributed by atoms with E-state index in [9.17, 15) is 0 Å². The van der Waals surface area contributed by atoms with Gasteiger partial charge in [0.15, 0.2) is 25.5 Å². The van der Waals surface area contributed by atoms with Gasteiger partial charge in [-0.15, -0.1) is 0 Å². The molecule has 0 N–H and O–H groups in total. The fraction of sp³-hybridized carbons (Fsp3) is 0.366. The van der Waals surface area contributed by atoms with E-state index in [0.29, 0.717) is 0 Å². The molecule has 0 saturated carbocycles. The normalized spacial score (nSPS) is 18.4. The van der Waals surface area contributed by atoms with Gasteiger partial charge in [0.25, 0.3) is 11.4 Å². The fourth-order valence-electron chi connectivity index (χ4n) is 8.78. The number of aryl methyl sites for hydroxylation is 6. The topological polar surface area (TPSA) is 14.2 Å². The predicted molar refractivity (Wildman–Crippen MR) is 185 cm³/mol. The molecular formula is C41H44N4+2. The Morgan fingerprint density at radius 1 is 0.444 bits per heavy atom. The van der Waals surface area contributed by atoms with Gasteiger partial charge in [0.2, 0.25) is 0 Å². The van der Waals surface area contributed by atoms with Crippen molar-refractivity contribution in [2.45, 2.75) is 70.9 Å². The van der Waals surface area contributed by atoms with Gasteiger partial charge in [0.05, 0.1) is 6.42 Å². The molecule has 0 amide bonds. The molecule has 9 rings (SSSR count). The van der Waals surface area contributed by atoms with Crippen molar-refractivity contribution in [3.8, 4) is 11.4 Å². The molecule has 0 bridgehead atoms. The number of pyridine rings is 2. The maximum atomic E-state index is 2.63. The molecule has 0 saturated heterocycles. The van der Waals surface area contributed by atoms with Crippen molar-refractivity contribution in [2.75, 3.05) is 36.0 Å². The van der Waals surface area contributed by atoms with Gasteiger partial charge in [-0.3, -0.25) is 0 Å². The lowest BCUT2D eigenvalue weighted by molar-refractivity contribution is -0.688. The van der Waals surface area contributed by atoms with Crippen molar-refractivity contribution in [1.82, 2.24) is 0 Å². The second kappa shape index (κ2) is 11.3. The second-order valence-corrected chi connectivity index (χ2v) is 13.9. The molecule has 2 aromatic heterocycles. The van der Waals surface area contributed by atoms with Crippen molar-refractivity contribution in [3.05, 3.63) is 105 Å². The van der Waals surface area contributed by atoms with Crippen LogP contribution in [0.2, 0.25) is 0 Å². The fourth-order valence-corrected chi connectivity index (χ4v) is 8.78. The second-order valence-electron chi connectivity index (χ2n) is 13.9. The Kier molecular flexibility index (Phi) is 6.83. The first-order chi connectivity index (χ1) is 22.2. The summed E-state index contributed by atoms with van der Waals surface area (Å²) in [6.07, 6.45) is 25.0. The summed E-state index contributed by atoms with van der Waals surface area (Å²) < 4.78 is 4.89. The molecular weight excluding hydrogens is 548 g/mol. The molecule has 45 heavy (non-hydrogen) atoms. The first-order valence-electron chi connectivity index (χ1n) is 17.5. The standard InChI is InChI=1S/C41H44N4/c1-6-34-24-32(25-35-7-2-17-44(16-1)40(34)35)12-10-30-14-22-42-20-5-21-43-23-15-31(29-39(43)38(42)28-30)11-13-33-26-36-8-3-18-45-19-4-9-37(27-33)41(36)45/h10-15,22-29H,1-9,16-21H2/q+2. The third-order valence-electron chi connectivity index (χ3n) is 10.8. The highest BCUT2D eigenvalue weighted by Crippen LogP contribution is 2.38. The maximum Gasteiger partial charge on any atom is 0.277 e. The van der Waals surface area contributed by atoms with Gasteiger partial charge < -0.3 is 9.80 Å². The number of hydrogen-bond acceptors (Lipinski definition) is 2. The Balaban J connectivity index is 1.02. The zero-order valence-corrected chi connectivity index (χ0v) is 26.5. The Labute approximate surface area is 268 Å². The van der Waals surface area contributed by atoms with Crippen LogP contribution in [-0.4, -0.2) is 26.2 Å². The molecule has 226 valence electrons. The minimum atomic E-state index is 1.05. The van der Waals surface area contributed by atoms with E-state index < -0.39 is 0 Å². The zero-order valence-electron chi connectivity index (χ0n) is 26.5. The third-order valence-corrected chi connectivity index (χ3v) is 10.8. The summed E-state index contributed by atoms with van der Waals surface area (Å²) in [6.45, 7) is 7.01. The Morgan fingerprint density at radius 3 is 1.22 bits per heavy atom. The molecule has 0 fully saturated rings. The van der Waals surface area contributed by atoms with Crippen molar-refractivity contribution in [2.24, 2.45) is 0 Å². The van der Waals surface area contributed by atoms with Crippen LogP contribution >= 0.6 is 0 Å². The smallest absolute Gasteiger partial charge is 0.277 e. The van der Waals surface area contributed by atoms with Crippen molar-refractivity contribution >= 4 is 35.7 Å². The lowest BCUT2D eigenvalue weighted by Crippen LogP contribution is -2.37. The van der Waals surface area contributed by atoms with Crippen LogP contribution in [0.3, 0.4) is 0 Å². The summed E-state index contributed by atoms with van der Waals surface area (Å²) in [6, 6.07) is 19.1. The summed E-state index contributed by atoms with van der Waals surface area (Å²) in [4.78, 5) is 5.26. The number of hydrogen-bond donors (Lipinski definition) is 0. The van der Waals surface area contributed by atoms with Crippen LogP contribution in [0.4, 0.5) is 11.4 Å². The van der Waals surface area contributed by atoms with Crippen LogP contribution in [0.15, 0.2) is 60.9 Å². The number of nitrogens with zero attached hydrogens (tertiary/aromatic N) is 4. The van der Waals surface area contributed by atoms with Crippen LogP contribution in [0.5, 0.6) is 0 Å². The summed E-state index contributed by atoms with van der Waals surface area (Å²) in [5, 5.41) is 0. The van der Waals surface area contributed by atoms with Gasteiger partial charge in [-0.25, -0.2) is 0 Å². The molecule has 5 aliphatic heterocycles. The first kappa shape index (κ1) is 27.2. The largest absolute Gasteiger partial charge is 0.371 e. The average molecular weight is 593 g/mol. The molecule has 4 nitrogen and oxygen atoms in total. The quantitative estimate of drug-likeness (QED) is 0.235. The van der Waals surface area contributed by atoms with Crippen LogP contribution in [-0.2, 0) is 38.8 Å². The number of fused-ring (bicyclic) bond motifs is 3. The Bertz CT molecular complexity index is 1670. The summed E-state index contributed by atoms with van der Waals surface area (Å²) in [5.74, 6) is 0. The van der Waals surface area contributed by atoms with Crippen LogP contribution in [0.1, 0.15) is 76.6 Å². The lowest BCUT2D eigenvalue weighted by atomic mass is 9.90. The van der Waals surface area contributed by atoms with Crippen molar-refractivity contribution in [3.63, 3.8) is 0 Å². The predicted octanol–water partition coefficient (Wildman–Crippen LogP) is 7.07. The molecule has 0 radical (unpaired) electrons. The molecule has 0 unspecified atom stereocenters. The van der Waals surface area contributed by atoms with E-state index in [1.54, 1.807) is 33.6 Å². The molecule has 2 aromatic carbocycles. The van der Waals surface area contributed by atoms with E-state index in [1.807, 2.05) is 0 Å². The van der Waals surface area contributed by atoms with Gasteiger partial charge in [-0.05, 0) is 120 Å². The molecule has 7 heterocycles. The number of benzene rings is 2. The monoisotopic (exact) mass is 592 g/mol. The minimum Gasteiger partial charge on any atom is -0.371 e. The van der Waals surface area contributed by atoms with Gasteiger partial charge in [0.1, 0.15) is 0 Å². The van der Waals surface area contributed by atoms with E-state index in [0.717, 1.165) is 19.5 Å². The van der Waals surface area contributed by atoms with Gasteiger partial charge in [0, 0.05) is 61.8 Å². The molecule has 4 heteroatoms. The van der Waals surface area contributed by atoms with Gasteiger partial charge in [-0.1, -0.05) is 24.3 Å². The molecule has 4 aromatic rings. The van der Waals surface area contributed by atoms with E-state index >= 15 is 0 Å². The van der Waals surface area contributed by atoms with Crippen LogP contribution in [0, 0.1) is 0 Å².